The third kappa shape index (κ3) is 4.77. The Morgan fingerprint density at radius 1 is 1.42 bits per heavy atom. The third-order valence-corrected chi connectivity index (χ3v) is 3.13. The molecule has 0 saturated carbocycles. The lowest BCUT2D eigenvalue weighted by Gasteiger charge is -2.46. The topological polar surface area (TPSA) is 96.1 Å². The second-order valence-electron chi connectivity index (χ2n) is 5.00. The van der Waals surface area contributed by atoms with Gasteiger partial charge in [0.2, 0.25) is 5.91 Å². The van der Waals surface area contributed by atoms with E-state index < -0.39 is 11.6 Å². The molecule has 19 heavy (non-hydrogen) atoms. The molecule has 0 radical (unpaired) electrons. The van der Waals surface area contributed by atoms with Crippen molar-refractivity contribution in [1.82, 2.24) is 10.0 Å². The van der Waals surface area contributed by atoms with Gasteiger partial charge in [-0.3, -0.25) is 14.6 Å². The molecule has 0 spiro atoms. The second-order valence-corrected chi connectivity index (χ2v) is 5.00. The number of morpholine rings is 1. The van der Waals surface area contributed by atoms with Crippen molar-refractivity contribution in [3.8, 4) is 0 Å². The summed E-state index contributed by atoms with van der Waals surface area (Å²) in [5.74, 6) is -0.987. The van der Waals surface area contributed by atoms with Crippen molar-refractivity contribution in [3.63, 3.8) is 0 Å². The van der Waals surface area contributed by atoms with Crippen molar-refractivity contribution in [2.75, 3.05) is 26.3 Å². The largest absolute Gasteiger partial charge is 0.481 e. The molecule has 7 nitrogen and oxygen atoms in total. The van der Waals surface area contributed by atoms with E-state index >= 15 is 0 Å². The number of hydrogen-bond acceptors (Lipinski definition) is 5. The van der Waals surface area contributed by atoms with Crippen molar-refractivity contribution in [2.45, 2.75) is 38.8 Å². The molecule has 1 rings (SSSR count). The third-order valence-electron chi connectivity index (χ3n) is 3.13. The van der Waals surface area contributed by atoms with Crippen molar-refractivity contribution in [1.29, 1.82) is 0 Å². The molecule has 7 heteroatoms. The molecule has 1 aliphatic rings. The quantitative estimate of drug-likeness (QED) is 0.662. The Morgan fingerprint density at radius 2 is 2.00 bits per heavy atom. The number of nitrogens with zero attached hydrogens (tertiary/aromatic N) is 2. The van der Waals surface area contributed by atoms with E-state index in [1.807, 2.05) is 5.01 Å². The van der Waals surface area contributed by atoms with E-state index in [1.54, 1.807) is 6.92 Å². The number of carboxylic acid groups (broad SMARTS) is 1. The van der Waals surface area contributed by atoms with Crippen molar-refractivity contribution < 1.29 is 19.4 Å². The molecular weight excluding hydrogens is 250 g/mol. The van der Waals surface area contributed by atoms with Gasteiger partial charge in [0.05, 0.1) is 13.2 Å². The summed E-state index contributed by atoms with van der Waals surface area (Å²) in [5, 5.41) is 12.1. The van der Waals surface area contributed by atoms with Crippen molar-refractivity contribution >= 4 is 11.9 Å². The van der Waals surface area contributed by atoms with E-state index in [1.165, 1.54) is 11.9 Å². The number of rotatable bonds is 6. The van der Waals surface area contributed by atoms with Crippen LogP contribution in [0.1, 0.15) is 33.1 Å². The van der Waals surface area contributed by atoms with Crippen LogP contribution in [0.4, 0.5) is 0 Å². The minimum Gasteiger partial charge on any atom is -0.481 e. The highest BCUT2D eigenvalue weighted by atomic mass is 16.5. The lowest BCUT2D eigenvalue weighted by Crippen LogP contribution is -2.64. The minimum absolute atomic E-state index is 0.0572. The smallest absolute Gasteiger partial charge is 0.303 e. The van der Waals surface area contributed by atoms with Gasteiger partial charge in [-0.2, -0.15) is 0 Å². The van der Waals surface area contributed by atoms with Gasteiger partial charge in [0.1, 0.15) is 5.66 Å². The number of nitrogens with two attached hydrogens (primary N) is 1. The lowest BCUT2D eigenvalue weighted by atomic mass is 10.0. The number of carbonyl (C=O) groups excluding carboxylic acids is 1. The average molecular weight is 273 g/mol. The zero-order valence-corrected chi connectivity index (χ0v) is 11.6. The first-order valence-corrected chi connectivity index (χ1v) is 6.48. The molecule has 110 valence electrons. The fourth-order valence-corrected chi connectivity index (χ4v) is 2.34. The predicted octanol–water partition coefficient (Wildman–Crippen LogP) is 0.0119. The summed E-state index contributed by atoms with van der Waals surface area (Å²) < 4.78 is 5.26. The zero-order valence-electron chi connectivity index (χ0n) is 11.6. The first-order valence-electron chi connectivity index (χ1n) is 6.48. The maximum atomic E-state index is 11.8. The van der Waals surface area contributed by atoms with Gasteiger partial charge >= 0.3 is 5.97 Å². The number of hydrazine groups is 1. The van der Waals surface area contributed by atoms with Gasteiger partial charge in [-0.1, -0.05) is 0 Å². The lowest BCUT2D eigenvalue weighted by molar-refractivity contribution is -0.175. The average Bonchev–Trinajstić information content (AvgIpc) is 2.28. The predicted molar refractivity (Wildman–Crippen MR) is 69.0 cm³/mol. The van der Waals surface area contributed by atoms with E-state index in [9.17, 15) is 9.59 Å². The summed E-state index contributed by atoms with van der Waals surface area (Å²) in [7, 11) is 0. The summed E-state index contributed by atoms with van der Waals surface area (Å²) in [4.78, 5) is 22.4. The van der Waals surface area contributed by atoms with E-state index in [-0.39, 0.29) is 12.3 Å². The first-order chi connectivity index (χ1) is 8.84. The van der Waals surface area contributed by atoms with Crippen LogP contribution in [0.5, 0.6) is 0 Å². The van der Waals surface area contributed by atoms with Crippen LogP contribution >= 0.6 is 0 Å². The summed E-state index contributed by atoms with van der Waals surface area (Å²) >= 11 is 0. The number of carboxylic acids is 1. The monoisotopic (exact) mass is 273 g/mol. The summed E-state index contributed by atoms with van der Waals surface area (Å²) in [6, 6.07) is 0. The standard InChI is InChI=1S/C12H23N3O4/c1-10(16)15(14-6-8-19-9-7-14)12(2,13)5-3-4-11(17)18/h3-9,13H2,1-2H3,(H,17,18)/t12-/m0/s1. The Morgan fingerprint density at radius 3 is 2.47 bits per heavy atom. The summed E-state index contributed by atoms with van der Waals surface area (Å²) in [6.07, 6.45) is 0.939. The summed E-state index contributed by atoms with van der Waals surface area (Å²) in [5.41, 5.74) is 5.33. The van der Waals surface area contributed by atoms with Crippen LogP contribution in [-0.2, 0) is 14.3 Å². The Kier molecular flexibility index (Phi) is 5.71. The van der Waals surface area contributed by atoms with E-state index in [2.05, 4.69) is 0 Å². The Labute approximate surface area is 113 Å². The van der Waals surface area contributed by atoms with Crippen LogP contribution in [0.2, 0.25) is 0 Å². The van der Waals surface area contributed by atoms with Gasteiger partial charge in [0.25, 0.3) is 0 Å². The highest BCUT2D eigenvalue weighted by Crippen LogP contribution is 2.20. The van der Waals surface area contributed by atoms with Crippen LogP contribution in [0.3, 0.4) is 0 Å². The fourth-order valence-electron chi connectivity index (χ4n) is 2.34. The molecule has 1 atom stereocenters. The molecule has 1 aliphatic heterocycles. The molecule has 1 saturated heterocycles. The molecule has 3 N–H and O–H groups in total. The molecule has 1 amide bonds. The molecule has 1 heterocycles. The first kappa shape index (κ1) is 15.9. The van der Waals surface area contributed by atoms with Gasteiger partial charge in [0, 0.05) is 26.4 Å². The zero-order chi connectivity index (χ0) is 14.5. The van der Waals surface area contributed by atoms with Crippen LogP contribution in [-0.4, -0.2) is 59.0 Å². The molecule has 0 aliphatic carbocycles. The van der Waals surface area contributed by atoms with Gasteiger partial charge in [-0.15, -0.1) is 0 Å². The van der Waals surface area contributed by atoms with Crippen LogP contribution in [0.15, 0.2) is 0 Å². The molecule has 0 bridgehead atoms. The van der Waals surface area contributed by atoms with Gasteiger partial charge in [0.15, 0.2) is 0 Å². The number of amides is 1. The fraction of sp³-hybridized carbons (Fsp3) is 0.833. The molecule has 0 aromatic heterocycles. The number of ether oxygens (including phenoxy) is 1. The SMILES string of the molecule is CC(=O)N(N1CCOCC1)[C@](C)(N)CCCC(=O)O. The van der Waals surface area contributed by atoms with Gasteiger partial charge in [-0.25, -0.2) is 5.01 Å². The van der Waals surface area contributed by atoms with E-state index in [4.69, 9.17) is 15.6 Å². The second kappa shape index (κ2) is 6.83. The van der Waals surface area contributed by atoms with Crippen LogP contribution in [0.25, 0.3) is 0 Å². The van der Waals surface area contributed by atoms with Crippen LogP contribution < -0.4 is 5.73 Å². The molecule has 0 unspecified atom stereocenters. The molecule has 0 aromatic carbocycles. The van der Waals surface area contributed by atoms with Crippen LogP contribution in [0, 0.1) is 0 Å². The molecular formula is C12H23N3O4. The highest BCUT2D eigenvalue weighted by Gasteiger charge is 2.34. The number of aliphatic carboxylic acids is 1. The normalized spacial score (nSPS) is 19.7. The highest BCUT2D eigenvalue weighted by molar-refractivity contribution is 5.73. The van der Waals surface area contributed by atoms with Gasteiger partial charge in [-0.05, 0) is 19.8 Å². The molecule has 1 fully saturated rings. The Balaban J connectivity index is 2.66. The summed E-state index contributed by atoms with van der Waals surface area (Å²) in [6.45, 7) is 5.59. The Hall–Kier alpha value is -1.18. The molecule has 0 aromatic rings. The van der Waals surface area contributed by atoms with Crippen molar-refractivity contribution in [2.24, 2.45) is 5.73 Å². The minimum atomic E-state index is -0.876. The van der Waals surface area contributed by atoms with E-state index in [0.717, 1.165) is 0 Å². The Bertz CT molecular complexity index is 327. The van der Waals surface area contributed by atoms with Crippen molar-refractivity contribution in [3.05, 3.63) is 0 Å². The number of hydrogen-bond donors (Lipinski definition) is 2. The van der Waals surface area contributed by atoms with E-state index in [0.29, 0.717) is 39.1 Å². The maximum absolute atomic E-state index is 11.8. The van der Waals surface area contributed by atoms with Gasteiger partial charge < -0.3 is 15.6 Å². The maximum Gasteiger partial charge on any atom is 0.303 e. The number of carbonyl (C=O) groups is 2.